The lowest BCUT2D eigenvalue weighted by molar-refractivity contribution is -0.144. The number of H-pyrrole nitrogens is 1. The van der Waals surface area contributed by atoms with Crippen LogP contribution in [0.3, 0.4) is 0 Å². The molecule has 0 aliphatic heterocycles. The van der Waals surface area contributed by atoms with E-state index in [9.17, 15) is 35.2 Å². The lowest BCUT2D eigenvalue weighted by Gasteiger charge is -2.34. The number of sulfonamides is 1. The molecule has 59 heavy (non-hydrogen) atoms. The number of carbonyl (C=O) groups excluding carboxylic acids is 1. The number of fused-ring (bicyclic) bond motifs is 5. The van der Waals surface area contributed by atoms with Crippen molar-refractivity contribution in [1.29, 1.82) is 0 Å². The maximum Gasteiger partial charge on any atom is 0.435 e. The Labute approximate surface area is 332 Å². The van der Waals surface area contributed by atoms with Crippen molar-refractivity contribution >= 4 is 54.3 Å². The Bertz CT molecular complexity index is 2920. The molecule has 3 atom stereocenters. The zero-order valence-corrected chi connectivity index (χ0v) is 32.2. The van der Waals surface area contributed by atoms with Gasteiger partial charge in [-0.05, 0) is 55.0 Å². The fourth-order valence-electron chi connectivity index (χ4n) is 8.17. The molecule has 2 aliphatic rings. The van der Waals surface area contributed by atoms with Crippen LogP contribution < -0.4 is 10.0 Å². The number of thiazole rings is 1. The molecule has 2 aliphatic carbocycles. The number of amides is 1. The van der Waals surface area contributed by atoms with Crippen molar-refractivity contribution < 1.29 is 43.9 Å². The molecule has 13 nitrogen and oxygen atoms in total. The number of alkyl halides is 5. The summed E-state index contributed by atoms with van der Waals surface area (Å²) in [4.78, 5) is 23.6. The van der Waals surface area contributed by atoms with Crippen molar-refractivity contribution in [1.82, 2.24) is 45.0 Å². The summed E-state index contributed by atoms with van der Waals surface area (Å²) in [7, 11) is -2.21. The highest BCUT2D eigenvalue weighted by molar-refractivity contribution is 7.92. The molecule has 0 bridgehead atoms. The number of halogens is 7. The molecule has 5 aromatic heterocycles. The molecule has 0 spiro atoms. The predicted molar refractivity (Wildman–Crippen MR) is 201 cm³/mol. The van der Waals surface area contributed by atoms with Gasteiger partial charge in [0, 0.05) is 52.9 Å². The Balaban J connectivity index is 1.21. The van der Waals surface area contributed by atoms with Crippen LogP contribution in [0.4, 0.5) is 36.6 Å². The zero-order chi connectivity index (χ0) is 41.8. The number of benzene rings is 2. The van der Waals surface area contributed by atoms with Gasteiger partial charge in [-0.1, -0.05) is 12.1 Å². The number of aromatic nitrogens is 8. The van der Waals surface area contributed by atoms with Crippen LogP contribution in [0, 0.1) is 17.6 Å². The third-order valence-corrected chi connectivity index (χ3v) is 12.2. The molecular formula is C37H29F7N10O3S2. The summed E-state index contributed by atoms with van der Waals surface area (Å²) in [6.45, 7) is -1.06. The van der Waals surface area contributed by atoms with Gasteiger partial charge in [0.25, 0.3) is 5.92 Å². The van der Waals surface area contributed by atoms with Gasteiger partial charge in [0.2, 0.25) is 15.9 Å². The SMILES string of the molecule is Cn1nc(NS(C)(=O)=O)c2cccc(-c3cc4sc(-c5cn[nH]c5)nc4nc3C(Cc3cc(F)cc(F)c3)NC(=O)Cn3nc(C(F)(F)F)c4c3C(F)(F)[C@@H]3CC[C@H]43)c21. The van der Waals surface area contributed by atoms with Crippen molar-refractivity contribution in [3.63, 3.8) is 0 Å². The van der Waals surface area contributed by atoms with E-state index >= 15 is 8.78 Å². The Morgan fingerprint density at radius 1 is 1.07 bits per heavy atom. The van der Waals surface area contributed by atoms with Crippen molar-refractivity contribution in [3.05, 3.63) is 94.7 Å². The number of aromatic amines is 1. The lowest BCUT2D eigenvalue weighted by Crippen LogP contribution is -2.36. The van der Waals surface area contributed by atoms with E-state index in [-0.39, 0.29) is 42.0 Å². The average molecular weight is 859 g/mol. The zero-order valence-electron chi connectivity index (χ0n) is 30.6. The van der Waals surface area contributed by atoms with E-state index in [2.05, 4.69) is 35.4 Å². The number of pyridine rings is 1. The van der Waals surface area contributed by atoms with E-state index in [0.717, 1.165) is 18.4 Å². The fourth-order valence-corrected chi connectivity index (χ4v) is 9.60. The molecule has 0 radical (unpaired) electrons. The van der Waals surface area contributed by atoms with Gasteiger partial charge in [-0.25, -0.2) is 27.2 Å². The van der Waals surface area contributed by atoms with Crippen LogP contribution in [-0.4, -0.2) is 60.3 Å². The molecule has 2 aromatic carbocycles. The van der Waals surface area contributed by atoms with Crippen LogP contribution in [0.15, 0.2) is 54.9 Å². The predicted octanol–water partition coefficient (Wildman–Crippen LogP) is 7.20. The summed E-state index contributed by atoms with van der Waals surface area (Å²) in [5, 5.41) is 18.1. The minimum atomic E-state index is -5.07. The number of hydrogen-bond donors (Lipinski definition) is 3. The van der Waals surface area contributed by atoms with Crippen LogP contribution in [0.25, 0.3) is 42.9 Å². The highest BCUT2D eigenvalue weighted by Gasteiger charge is 2.63. The Kier molecular flexibility index (Phi) is 8.88. The van der Waals surface area contributed by atoms with E-state index in [0.29, 0.717) is 48.0 Å². The summed E-state index contributed by atoms with van der Waals surface area (Å²) < 4.78 is 133. The van der Waals surface area contributed by atoms with E-state index in [1.54, 1.807) is 43.7 Å². The van der Waals surface area contributed by atoms with Gasteiger partial charge < -0.3 is 5.32 Å². The number of carbonyl (C=O) groups is 1. The first-order chi connectivity index (χ1) is 27.9. The lowest BCUT2D eigenvalue weighted by atomic mass is 9.73. The number of nitrogens with zero attached hydrogens (tertiary/aromatic N) is 7. The Hall–Kier alpha value is -5.90. The minimum Gasteiger partial charge on any atom is -0.346 e. The van der Waals surface area contributed by atoms with Gasteiger partial charge in [-0.3, -0.25) is 24.0 Å². The minimum absolute atomic E-state index is 0.00713. The van der Waals surface area contributed by atoms with Gasteiger partial charge in [0.1, 0.15) is 28.9 Å². The second kappa shape index (κ2) is 13.6. The Morgan fingerprint density at radius 2 is 1.83 bits per heavy atom. The molecule has 1 unspecified atom stereocenters. The highest BCUT2D eigenvalue weighted by Crippen LogP contribution is 2.64. The second-order valence-electron chi connectivity index (χ2n) is 14.6. The largest absolute Gasteiger partial charge is 0.435 e. The molecule has 5 heterocycles. The number of anilines is 1. The number of nitrogens with one attached hydrogen (secondary N) is 3. The summed E-state index contributed by atoms with van der Waals surface area (Å²) in [5.74, 6) is -9.01. The van der Waals surface area contributed by atoms with Gasteiger partial charge in [0.05, 0.1) is 34.4 Å². The topological polar surface area (TPSA) is 165 Å². The fraction of sp³-hybridized carbons (Fsp3) is 0.297. The van der Waals surface area contributed by atoms with Crippen LogP contribution >= 0.6 is 11.3 Å². The first kappa shape index (κ1) is 38.6. The maximum atomic E-state index is 15.7. The second-order valence-corrected chi connectivity index (χ2v) is 17.4. The van der Waals surface area contributed by atoms with Gasteiger partial charge in [0.15, 0.2) is 17.2 Å². The van der Waals surface area contributed by atoms with Crippen LogP contribution in [0.5, 0.6) is 0 Å². The summed E-state index contributed by atoms with van der Waals surface area (Å²) in [6, 6.07) is 8.02. The molecule has 3 N–H and O–H groups in total. The van der Waals surface area contributed by atoms with Crippen LogP contribution in [0.1, 0.15) is 53.0 Å². The van der Waals surface area contributed by atoms with E-state index in [1.165, 1.54) is 16.0 Å². The number of rotatable bonds is 10. The third kappa shape index (κ3) is 6.76. The number of para-hydroxylation sites is 1. The molecular weight excluding hydrogens is 830 g/mol. The molecule has 1 saturated carbocycles. The summed E-state index contributed by atoms with van der Waals surface area (Å²) in [6.07, 6.45) is -1.18. The van der Waals surface area contributed by atoms with Crippen LogP contribution in [0.2, 0.25) is 0 Å². The average Bonchev–Trinajstić information content (AvgIpc) is 3.93. The van der Waals surface area contributed by atoms with Crippen LogP contribution in [-0.2, 0) is 46.9 Å². The van der Waals surface area contributed by atoms with E-state index < -0.39 is 81.0 Å². The molecule has 306 valence electrons. The summed E-state index contributed by atoms with van der Waals surface area (Å²) in [5.41, 5.74) is -0.992. The van der Waals surface area contributed by atoms with Crippen molar-refractivity contribution in [2.45, 2.75) is 49.9 Å². The van der Waals surface area contributed by atoms with Crippen molar-refractivity contribution in [2.75, 3.05) is 11.0 Å². The quantitative estimate of drug-likeness (QED) is 0.122. The van der Waals surface area contributed by atoms with Crippen molar-refractivity contribution in [3.8, 4) is 21.7 Å². The maximum absolute atomic E-state index is 15.7. The van der Waals surface area contributed by atoms with Gasteiger partial charge in [-0.15, -0.1) is 11.3 Å². The highest BCUT2D eigenvalue weighted by atomic mass is 32.2. The van der Waals surface area contributed by atoms with E-state index in [4.69, 9.17) is 4.98 Å². The smallest absolute Gasteiger partial charge is 0.346 e. The normalized spacial score (nSPS) is 17.8. The Morgan fingerprint density at radius 3 is 2.49 bits per heavy atom. The van der Waals surface area contributed by atoms with Gasteiger partial charge in [-0.2, -0.15) is 37.2 Å². The molecule has 22 heteroatoms. The molecule has 0 saturated heterocycles. The van der Waals surface area contributed by atoms with Gasteiger partial charge >= 0.3 is 6.18 Å². The molecule has 1 amide bonds. The first-order valence-corrected chi connectivity index (χ1v) is 20.6. The molecule has 7 aromatic rings. The number of aryl methyl sites for hydroxylation is 1. The van der Waals surface area contributed by atoms with Crippen molar-refractivity contribution in [2.24, 2.45) is 13.0 Å². The third-order valence-electron chi connectivity index (χ3n) is 10.6. The standard InChI is InChI=1S/C37H29F7N10O3S2/c1-53-30-20(4-3-5-22(30)33(51-53)52-59(2,56)57)23-12-26-34(49-35(58-26)17-13-45-46-14-17)48-29(23)25(10-16-8-18(38)11-19(39)9-16)47-27(55)15-54-32-28(31(50-54)37(42,43)44)21-6-7-24(21)36(32,40)41/h3-5,8-9,11-14,21,24-25H,6-7,10,15H2,1-2H3,(H,45,46)(H,47,55)(H,51,52)/t21-,24+,25?/m0/s1. The number of hydrogen-bond acceptors (Lipinski definition) is 9. The monoisotopic (exact) mass is 858 g/mol. The summed E-state index contributed by atoms with van der Waals surface area (Å²) >= 11 is 1.24. The van der Waals surface area contributed by atoms with E-state index in [1.807, 2.05) is 0 Å². The first-order valence-electron chi connectivity index (χ1n) is 17.9. The molecule has 1 fully saturated rings. The molecule has 9 rings (SSSR count).